The van der Waals surface area contributed by atoms with Gasteiger partial charge in [-0.15, -0.1) is 0 Å². The summed E-state index contributed by atoms with van der Waals surface area (Å²) in [7, 11) is 0. The molecule has 5 heteroatoms. The van der Waals surface area contributed by atoms with Crippen molar-refractivity contribution in [2.24, 2.45) is 5.16 Å². The molecule has 0 radical (unpaired) electrons. The van der Waals surface area contributed by atoms with Gasteiger partial charge in [0.25, 0.3) is 0 Å². The molecule has 0 aliphatic carbocycles. The summed E-state index contributed by atoms with van der Waals surface area (Å²) in [6.07, 6.45) is -0.107. The van der Waals surface area contributed by atoms with Crippen LogP contribution in [0.5, 0.6) is 0 Å². The molecule has 1 aromatic rings. The fourth-order valence-corrected chi connectivity index (χ4v) is 1.44. The van der Waals surface area contributed by atoms with Crippen molar-refractivity contribution in [2.75, 3.05) is 5.32 Å². The van der Waals surface area contributed by atoms with Crippen LogP contribution in [0.2, 0.25) is 0 Å². The summed E-state index contributed by atoms with van der Waals surface area (Å²) in [6, 6.07) is 4.29. The number of oxime groups is 1. The summed E-state index contributed by atoms with van der Waals surface area (Å²) in [5, 5.41) is 14.0. The number of nitrogens with zero attached hydrogens (tertiary/aromatic N) is 1. The molecule has 1 aliphatic rings. The van der Waals surface area contributed by atoms with Crippen molar-refractivity contribution in [1.29, 1.82) is 0 Å². The van der Waals surface area contributed by atoms with E-state index in [0.29, 0.717) is 5.69 Å². The predicted octanol–water partition coefficient (Wildman–Crippen LogP) is 1.35. The molecule has 0 spiro atoms. The largest absolute Gasteiger partial charge is 0.411 e. The molecule has 2 rings (SSSR count). The molecule has 2 N–H and O–H groups in total. The Morgan fingerprint density at radius 1 is 1.50 bits per heavy atom. The lowest BCUT2D eigenvalue weighted by Crippen LogP contribution is -2.25. The molecular formula is C9H7FN2O2. The van der Waals surface area contributed by atoms with Gasteiger partial charge in [-0.25, -0.2) is 4.39 Å². The molecular weight excluding hydrogens is 187 g/mol. The van der Waals surface area contributed by atoms with Gasteiger partial charge in [0.15, 0.2) is 0 Å². The SMILES string of the molecule is O=C1C/C(=N/O)c2c(F)cccc2N1. The lowest BCUT2D eigenvalue weighted by atomic mass is 10.0. The highest BCUT2D eigenvalue weighted by molar-refractivity contribution is 6.20. The summed E-state index contributed by atoms with van der Waals surface area (Å²) in [4.78, 5) is 11.1. The van der Waals surface area contributed by atoms with E-state index in [1.165, 1.54) is 12.1 Å². The smallest absolute Gasteiger partial charge is 0.230 e. The van der Waals surface area contributed by atoms with Crippen LogP contribution < -0.4 is 5.32 Å². The quantitative estimate of drug-likeness (QED) is 0.483. The first-order chi connectivity index (χ1) is 6.72. The molecule has 0 fully saturated rings. The minimum absolute atomic E-state index is 0.0573. The lowest BCUT2D eigenvalue weighted by Gasteiger charge is -2.17. The van der Waals surface area contributed by atoms with Gasteiger partial charge in [0.2, 0.25) is 5.91 Å². The van der Waals surface area contributed by atoms with Gasteiger partial charge in [-0.2, -0.15) is 0 Å². The molecule has 0 atom stereocenters. The number of fused-ring (bicyclic) bond motifs is 1. The number of benzene rings is 1. The fraction of sp³-hybridized carbons (Fsp3) is 0.111. The van der Waals surface area contributed by atoms with Crippen molar-refractivity contribution in [3.05, 3.63) is 29.6 Å². The highest BCUT2D eigenvalue weighted by Crippen LogP contribution is 2.25. The Bertz CT molecular complexity index is 429. The Kier molecular flexibility index (Phi) is 1.92. The Balaban J connectivity index is 2.63. The number of amides is 1. The third-order valence-electron chi connectivity index (χ3n) is 2.02. The van der Waals surface area contributed by atoms with E-state index in [1.54, 1.807) is 6.07 Å². The number of nitrogens with one attached hydrogen (secondary N) is 1. The van der Waals surface area contributed by atoms with Crippen molar-refractivity contribution in [2.45, 2.75) is 6.42 Å². The fourth-order valence-electron chi connectivity index (χ4n) is 1.44. The molecule has 4 nitrogen and oxygen atoms in total. The Hall–Kier alpha value is -1.91. The number of hydrogen-bond acceptors (Lipinski definition) is 3. The maximum atomic E-state index is 13.3. The van der Waals surface area contributed by atoms with E-state index >= 15 is 0 Å². The van der Waals surface area contributed by atoms with Crippen LogP contribution in [0.1, 0.15) is 12.0 Å². The molecule has 1 aliphatic heterocycles. The van der Waals surface area contributed by atoms with E-state index in [2.05, 4.69) is 10.5 Å². The van der Waals surface area contributed by atoms with E-state index in [-0.39, 0.29) is 23.6 Å². The number of hydrogen-bond donors (Lipinski definition) is 2. The minimum Gasteiger partial charge on any atom is -0.411 e. The van der Waals surface area contributed by atoms with Crippen molar-refractivity contribution < 1.29 is 14.4 Å². The minimum atomic E-state index is -0.504. The molecule has 0 saturated carbocycles. The van der Waals surface area contributed by atoms with E-state index in [0.717, 1.165) is 0 Å². The maximum absolute atomic E-state index is 13.3. The zero-order valence-corrected chi connectivity index (χ0v) is 7.12. The molecule has 0 unspecified atom stereocenters. The van der Waals surface area contributed by atoms with Crippen LogP contribution in [0.15, 0.2) is 23.4 Å². The number of rotatable bonds is 0. The van der Waals surface area contributed by atoms with Crippen molar-refractivity contribution in [1.82, 2.24) is 0 Å². The number of carbonyl (C=O) groups excluding carboxylic acids is 1. The van der Waals surface area contributed by atoms with Gasteiger partial charge in [0.05, 0.1) is 17.7 Å². The zero-order chi connectivity index (χ0) is 10.1. The third kappa shape index (κ3) is 1.22. The molecule has 14 heavy (non-hydrogen) atoms. The highest BCUT2D eigenvalue weighted by atomic mass is 19.1. The Labute approximate surface area is 79.0 Å². The first-order valence-electron chi connectivity index (χ1n) is 4.02. The van der Waals surface area contributed by atoms with E-state index < -0.39 is 5.82 Å². The van der Waals surface area contributed by atoms with E-state index in [4.69, 9.17) is 5.21 Å². The summed E-state index contributed by atoms with van der Waals surface area (Å²) in [5.74, 6) is -0.814. The van der Waals surface area contributed by atoms with Crippen LogP contribution in [0.4, 0.5) is 10.1 Å². The van der Waals surface area contributed by atoms with Gasteiger partial charge in [-0.05, 0) is 12.1 Å². The van der Waals surface area contributed by atoms with Crippen LogP contribution in [-0.4, -0.2) is 16.8 Å². The molecule has 1 heterocycles. The van der Waals surface area contributed by atoms with E-state index in [9.17, 15) is 9.18 Å². The zero-order valence-electron chi connectivity index (χ0n) is 7.12. The monoisotopic (exact) mass is 194 g/mol. The van der Waals surface area contributed by atoms with Gasteiger partial charge in [-0.1, -0.05) is 11.2 Å². The standard InChI is InChI=1S/C9H7FN2O2/c10-5-2-1-3-6-9(5)7(12-14)4-8(13)11-6/h1-3,14H,4H2,(H,11,13)/b12-7-. The van der Waals surface area contributed by atoms with Gasteiger partial charge < -0.3 is 10.5 Å². The second-order valence-electron chi connectivity index (χ2n) is 2.93. The predicted molar refractivity (Wildman–Crippen MR) is 48.0 cm³/mol. The lowest BCUT2D eigenvalue weighted by molar-refractivity contribution is -0.115. The van der Waals surface area contributed by atoms with E-state index in [1.807, 2.05) is 0 Å². The van der Waals surface area contributed by atoms with Crippen LogP contribution in [-0.2, 0) is 4.79 Å². The van der Waals surface area contributed by atoms with Crippen LogP contribution in [0.25, 0.3) is 0 Å². The van der Waals surface area contributed by atoms with Crippen molar-refractivity contribution in [3.8, 4) is 0 Å². The second kappa shape index (κ2) is 3.10. The summed E-state index contributed by atoms with van der Waals surface area (Å²) < 4.78 is 13.3. The average Bonchev–Trinajstić information content (AvgIpc) is 2.16. The topological polar surface area (TPSA) is 61.7 Å². The van der Waals surface area contributed by atoms with Crippen LogP contribution in [0, 0.1) is 5.82 Å². The molecule has 1 amide bonds. The molecule has 1 aromatic carbocycles. The Morgan fingerprint density at radius 2 is 2.29 bits per heavy atom. The normalized spacial score (nSPS) is 17.8. The van der Waals surface area contributed by atoms with Crippen molar-refractivity contribution in [3.63, 3.8) is 0 Å². The molecule has 0 saturated heterocycles. The van der Waals surface area contributed by atoms with Gasteiger partial charge in [0.1, 0.15) is 11.5 Å². The number of carbonyl (C=O) groups is 1. The molecule has 0 bridgehead atoms. The van der Waals surface area contributed by atoms with Gasteiger partial charge in [0, 0.05) is 0 Å². The maximum Gasteiger partial charge on any atom is 0.230 e. The molecule has 72 valence electrons. The number of anilines is 1. The summed E-state index contributed by atoms with van der Waals surface area (Å²) >= 11 is 0. The average molecular weight is 194 g/mol. The third-order valence-corrected chi connectivity index (χ3v) is 2.02. The summed E-state index contributed by atoms with van der Waals surface area (Å²) in [5.41, 5.74) is 0.561. The van der Waals surface area contributed by atoms with Crippen LogP contribution >= 0.6 is 0 Å². The first kappa shape index (κ1) is 8.68. The molecule has 0 aromatic heterocycles. The highest BCUT2D eigenvalue weighted by Gasteiger charge is 2.24. The van der Waals surface area contributed by atoms with Gasteiger partial charge >= 0.3 is 0 Å². The second-order valence-corrected chi connectivity index (χ2v) is 2.93. The van der Waals surface area contributed by atoms with Crippen molar-refractivity contribution >= 4 is 17.3 Å². The first-order valence-corrected chi connectivity index (χ1v) is 4.02. The van der Waals surface area contributed by atoms with Gasteiger partial charge in [-0.3, -0.25) is 4.79 Å². The van der Waals surface area contributed by atoms with Crippen LogP contribution in [0.3, 0.4) is 0 Å². The summed E-state index contributed by atoms with van der Waals surface area (Å²) in [6.45, 7) is 0. The number of halogens is 1. The Morgan fingerprint density at radius 3 is 3.00 bits per heavy atom.